The second-order valence-corrected chi connectivity index (χ2v) is 4.44. The van der Waals surface area contributed by atoms with Crippen LogP contribution in [0.15, 0.2) is 52.9 Å². The van der Waals surface area contributed by atoms with Gasteiger partial charge in [0.15, 0.2) is 12.2 Å². The van der Waals surface area contributed by atoms with Crippen molar-refractivity contribution >= 4 is 17.1 Å². The number of carbonyl (C=O) groups is 1. The molecule has 0 amide bonds. The minimum atomic E-state index is -0.350. The Morgan fingerprint density at radius 3 is 2.70 bits per heavy atom. The largest absolute Gasteiger partial charge is 0.456 e. The van der Waals surface area contributed by atoms with Crippen molar-refractivity contribution in [2.45, 2.75) is 13.5 Å². The topological polar surface area (TPSA) is 52.3 Å². The van der Waals surface area contributed by atoms with E-state index in [4.69, 9.17) is 9.15 Å². The molecule has 0 atom stereocenters. The van der Waals surface area contributed by atoms with Gasteiger partial charge in [-0.2, -0.15) is 0 Å². The molecule has 0 N–H and O–H groups in total. The first-order valence-electron chi connectivity index (χ1n) is 6.30. The van der Waals surface area contributed by atoms with Crippen LogP contribution in [-0.2, 0) is 16.1 Å². The zero-order valence-electron chi connectivity index (χ0n) is 11.0. The lowest BCUT2D eigenvalue weighted by Crippen LogP contribution is -1.98. The summed E-state index contributed by atoms with van der Waals surface area (Å²) < 4.78 is 10.4. The van der Waals surface area contributed by atoms with Crippen LogP contribution in [0.2, 0.25) is 0 Å². The highest BCUT2D eigenvalue weighted by Gasteiger charge is 2.08. The number of esters is 1. The molecule has 1 heterocycles. The van der Waals surface area contributed by atoms with Crippen molar-refractivity contribution in [2.24, 2.45) is 0 Å². The Kier molecular flexibility index (Phi) is 3.21. The van der Waals surface area contributed by atoms with Crippen LogP contribution in [0.1, 0.15) is 12.8 Å². The van der Waals surface area contributed by atoms with E-state index < -0.39 is 0 Å². The molecule has 3 rings (SSSR count). The minimum absolute atomic E-state index is 0.0602. The van der Waals surface area contributed by atoms with Gasteiger partial charge in [-0.15, -0.1) is 0 Å². The quantitative estimate of drug-likeness (QED) is 0.681. The molecule has 0 saturated heterocycles. The summed E-state index contributed by atoms with van der Waals surface area (Å²) in [5.74, 6) is 0.0534. The Hall–Kier alpha value is -2.62. The fourth-order valence-electron chi connectivity index (χ4n) is 2.01. The van der Waals surface area contributed by atoms with Gasteiger partial charge in [0.2, 0.25) is 5.89 Å². The SMILES string of the molecule is CC(=O)OCc1nc2cc(-c3ccccc3)ccc2o1. The van der Waals surface area contributed by atoms with E-state index in [1.807, 2.05) is 48.5 Å². The van der Waals surface area contributed by atoms with E-state index in [1.165, 1.54) is 6.92 Å². The fraction of sp³-hybridized carbons (Fsp3) is 0.125. The number of hydrogen-bond donors (Lipinski definition) is 0. The molecule has 0 aliphatic heterocycles. The second-order valence-electron chi connectivity index (χ2n) is 4.44. The van der Waals surface area contributed by atoms with Crippen molar-refractivity contribution in [1.82, 2.24) is 4.98 Å². The lowest BCUT2D eigenvalue weighted by molar-refractivity contribution is -0.142. The molecule has 1 aromatic heterocycles. The van der Waals surface area contributed by atoms with Gasteiger partial charge in [-0.25, -0.2) is 4.98 Å². The van der Waals surface area contributed by atoms with Crippen LogP contribution < -0.4 is 0 Å². The maximum atomic E-state index is 10.8. The smallest absolute Gasteiger partial charge is 0.303 e. The van der Waals surface area contributed by atoms with E-state index in [2.05, 4.69) is 4.98 Å². The summed E-state index contributed by atoms with van der Waals surface area (Å²) >= 11 is 0. The van der Waals surface area contributed by atoms with Crippen LogP contribution in [-0.4, -0.2) is 11.0 Å². The maximum absolute atomic E-state index is 10.8. The monoisotopic (exact) mass is 267 g/mol. The molecular weight excluding hydrogens is 254 g/mol. The van der Waals surface area contributed by atoms with E-state index >= 15 is 0 Å². The number of ether oxygens (including phenoxy) is 1. The zero-order chi connectivity index (χ0) is 13.9. The summed E-state index contributed by atoms with van der Waals surface area (Å²) in [4.78, 5) is 15.1. The average molecular weight is 267 g/mol. The molecule has 4 nitrogen and oxygen atoms in total. The third-order valence-corrected chi connectivity index (χ3v) is 2.94. The molecule has 3 aromatic rings. The molecule has 100 valence electrons. The Balaban J connectivity index is 1.93. The molecule has 20 heavy (non-hydrogen) atoms. The van der Waals surface area contributed by atoms with Gasteiger partial charge < -0.3 is 9.15 Å². The van der Waals surface area contributed by atoms with E-state index in [0.717, 1.165) is 16.6 Å². The molecule has 4 heteroatoms. The van der Waals surface area contributed by atoms with Gasteiger partial charge in [0.25, 0.3) is 0 Å². The van der Waals surface area contributed by atoms with E-state index in [9.17, 15) is 4.79 Å². The zero-order valence-corrected chi connectivity index (χ0v) is 11.0. The molecule has 0 radical (unpaired) electrons. The van der Waals surface area contributed by atoms with Crippen LogP contribution in [0.5, 0.6) is 0 Å². The minimum Gasteiger partial charge on any atom is -0.456 e. The second kappa shape index (κ2) is 5.17. The Bertz CT molecular complexity index is 747. The number of carbonyl (C=O) groups excluding carboxylic acids is 1. The summed E-state index contributed by atoms with van der Waals surface area (Å²) in [6.07, 6.45) is 0. The Morgan fingerprint density at radius 2 is 1.95 bits per heavy atom. The predicted octanol–water partition coefficient (Wildman–Crippen LogP) is 3.56. The number of benzene rings is 2. The summed E-state index contributed by atoms with van der Waals surface area (Å²) in [6, 6.07) is 15.9. The summed E-state index contributed by atoms with van der Waals surface area (Å²) in [5.41, 5.74) is 3.64. The van der Waals surface area contributed by atoms with Gasteiger partial charge in [0.05, 0.1) is 0 Å². The Labute approximate surface area is 116 Å². The number of hydrogen-bond acceptors (Lipinski definition) is 4. The molecular formula is C16H13NO3. The third-order valence-electron chi connectivity index (χ3n) is 2.94. The van der Waals surface area contributed by atoms with Crippen LogP contribution in [0.3, 0.4) is 0 Å². The highest BCUT2D eigenvalue weighted by molar-refractivity contribution is 5.80. The maximum Gasteiger partial charge on any atom is 0.303 e. The van der Waals surface area contributed by atoms with Gasteiger partial charge >= 0.3 is 5.97 Å². The number of oxazole rings is 1. The molecule has 2 aromatic carbocycles. The van der Waals surface area contributed by atoms with Gasteiger partial charge in [0, 0.05) is 6.92 Å². The van der Waals surface area contributed by atoms with Crippen molar-refractivity contribution in [1.29, 1.82) is 0 Å². The number of nitrogens with zero attached hydrogens (tertiary/aromatic N) is 1. The first-order chi connectivity index (χ1) is 9.72. The Morgan fingerprint density at radius 1 is 1.15 bits per heavy atom. The van der Waals surface area contributed by atoms with E-state index in [0.29, 0.717) is 11.5 Å². The summed E-state index contributed by atoms with van der Waals surface area (Å²) in [6.45, 7) is 1.42. The lowest BCUT2D eigenvalue weighted by atomic mass is 10.1. The molecule has 0 fully saturated rings. The van der Waals surface area contributed by atoms with Crippen molar-refractivity contribution in [2.75, 3.05) is 0 Å². The van der Waals surface area contributed by atoms with E-state index in [-0.39, 0.29) is 12.6 Å². The highest BCUT2D eigenvalue weighted by atomic mass is 16.5. The van der Waals surface area contributed by atoms with Gasteiger partial charge in [-0.05, 0) is 23.3 Å². The van der Waals surface area contributed by atoms with Crippen LogP contribution >= 0.6 is 0 Å². The fourth-order valence-corrected chi connectivity index (χ4v) is 2.01. The summed E-state index contributed by atoms with van der Waals surface area (Å²) in [7, 11) is 0. The molecule has 0 spiro atoms. The van der Waals surface area contributed by atoms with Crippen molar-refractivity contribution in [3.8, 4) is 11.1 Å². The van der Waals surface area contributed by atoms with Crippen molar-refractivity contribution in [3.05, 3.63) is 54.4 Å². The molecule has 0 aliphatic carbocycles. The normalized spacial score (nSPS) is 10.7. The molecule has 0 bridgehead atoms. The van der Waals surface area contributed by atoms with Crippen LogP contribution in [0, 0.1) is 0 Å². The van der Waals surface area contributed by atoms with Gasteiger partial charge in [-0.3, -0.25) is 4.79 Å². The number of aromatic nitrogens is 1. The third kappa shape index (κ3) is 2.54. The standard InChI is InChI=1S/C16H13NO3/c1-11(18)19-10-16-17-14-9-13(7-8-15(14)20-16)12-5-3-2-4-6-12/h2-9H,10H2,1H3. The highest BCUT2D eigenvalue weighted by Crippen LogP contribution is 2.24. The predicted molar refractivity (Wildman–Crippen MR) is 74.9 cm³/mol. The average Bonchev–Trinajstić information content (AvgIpc) is 2.88. The van der Waals surface area contributed by atoms with Crippen LogP contribution in [0.25, 0.3) is 22.2 Å². The summed E-state index contributed by atoms with van der Waals surface area (Å²) in [5, 5.41) is 0. The molecule has 0 unspecified atom stereocenters. The molecule has 0 saturated carbocycles. The van der Waals surface area contributed by atoms with Crippen molar-refractivity contribution in [3.63, 3.8) is 0 Å². The van der Waals surface area contributed by atoms with Gasteiger partial charge in [0.1, 0.15) is 5.52 Å². The lowest BCUT2D eigenvalue weighted by Gasteiger charge is -1.99. The first-order valence-corrected chi connectivity index (χ1v) is 6.30. The molecule has 0 aliphatic rings. The van der Waals surface area contributed by atoms with Gasteiger partial charge in [-0.1, -0.05) is 36.4 Å². The number of rotatable bonds is 3. The van der Waals surface area contributed by atoms with Crippen molar-refractivity contribution < 1.29 is 13.9 Å². The van der Waals surface area contributed by atoms with Crippen LogP contribution in [0.4, 0.5) is 0 Å². The first kappa shape index (κ1) is 12.4. The number of fused-ring (bicyclic) bond motifs is 1. The van der Waals surface area contributed by atoms with E-state index in [1.54, 1.807) is 0 Å².